The third-order valence-electron chi connectivity index (χ3n) is 3.52. The molecule has 0 aliphatic rings. The number of hydrogen-bond acceptors (Lipinski definition) is 4. The molecule has 0 unspecified atom stereocenters. The van der Waals surface area contributed by atoms with Crippen molar-refractivity contribution in [1.82, 2.24) is 5.32 Å². The Morgan fingerprint density at radius 2 is 1.70 bits per heavy atom. The van der Waals surface area contributed by atoms with Crippen LogP contribution >= 0.6 is 0 Å². The molecule has 27 heavy (non-hydrogen) atoms. The van der Waals surface area contributed by atoms with Gasteiger partial charge < -0.3 is 20.7 Å². The molecule has 0 saturated carbocycles. The number of rotatable bonds is 7. The van der Waals surface area contributed by atoms with Crippen molar-refractivity contribution in [2.24, 2.45) is 0 Å². The van der Waals surface area contributed by atoms with Crippen LogP contribution < -0.4 is 20.7 Å². The molecule has 3 N–H and O–H groups in total. The molecule has 144 valence electrons. The van der Waals surface area contributed by atoms with E-state index in [-0.39, 0.29) is 23.9 Å². The summed E-state index contributed by atoms with van der Waals surface area (Å²) in [6.07, 6.45) is 0. The van der Waals surface area contributed by atoms with Gasteiger partial charge in [0.05, 0.1) is 13.2 Å². The lowest BCUT2D eigenvalue weighted by Gasteiger charge is -2.20. The number of benzene rings is 2. The Kier molecular flexibility index (Phi) is 6.82. The second-order valence-electron chi connectivity index (χ2n) is 7.14. The van der Waals surface area contributed by atoms with Crippen molar-refractivity contribution in [3.63, 3.8) is 0 Å². The lowest BCUT2D eigenvalue weighted by Crippen LogP contribution is -2.40. The van der Waals surface area contributed by atoms with Crippen LogP contribution in [0.2, 0.25) is 0 Å². The van der Waals surface area contributed by atoms with E-state index < -0.39 is 0 Å². The minimum atomic E-state index is -0.286. The van der Waals surface area contributed by atoms with Gasteiger partial charge in [-0.2, -0.15) is 0 Å². The highest BCUT2D eigenvalue weighted by atomic mass is 16.5. The lowest BCUT2D eigenvalue weighted by molar-refractivity contribution is -0.114. The molecule has 2 amide bonds. The standard InChI is InChI=1S/C21H27N3O3/c1-5-27-18-8-6-7-17(13-18)23-19(25)14-22-16-11-9-15(10-12-16)20(26)24-21(2,3)4/h6-13,22H,5,14H2,1-4H3,(H,23,25)(H,24,26). The summed E-state index contributed by atoms with van der Waals surface area (Å²) in [5, 5.41) is 8.78. The number of carbonyl (C=O) groups excluding carboxylic acids is 2. The first kappa shape index (κ1) is 20.3. The summed E-state index contributed by atoms with van der Waals surface area (Å²) in [6.45, 7) is 8.40. The number of amides is 2. The number of ether oxygens (including phenoxy) is 1. The zero-order valence-electron chi connectivity index (χ0n) is 16.3. The summed E-state index contributed by atoms with van der Waals surface area (Å²) < 4.78 is 5.42. The summed E-state index contributed by atoms with van der Waals surface area (Å²) in [5.74, 6) is 0.423. The van der Waals surface area contributed by atoms with Gasteiger partial charge in [-0.25, -0.2) is 0 Å². The maximum atomic E-state index is 12.1. The number of anilines is 2. The third-order valence-corrected chi connectivity index (χ3v) is 3.52. The monoisotopic (exact) mass is 369 g/mol. The van der Waals surface area contributed by atoms with Gasteiger partial charge in [0.2, 0.25) is 5.91 Å². The molecule has 0 radical (unpaired) electrons. The molecule has 0 aliphatic heterocycles. The average Bonchev–Trinajstić information content (AvgIpc) is 2.59. The molecule has 6 heteroatoms. The second kappa shape index (κ2) is 9.07. The Hall–Kier alpha value is -3.02. The summed E-state index contributed by atoms with van der Waals surface area (Å²) in [7, 11) is 0. The van der Waals surface area contributed by atoms with E-state index in [1.54, 1.807) is 30.3 Å². The molecular formula is C21H27N3O3. The number of hydrogen-bond donors (Lipinski definition) is 3. The van der Waals surface area contributed by atoms with Crippen molar-refractivity contribution in [2.45, 2.75) is 33.2 Å². The van der Waals surface area contributed by atoms with Crippen molar-refractivity contribution in [1.29, 1.82) is 0 Å². The van der Waals surface area contributed by atoms with Gasteiger partial charge in [-0.1, -0.05) is 6.07 Å². The highest BCUT2D eigenvalue weighted by Gasteiger charge is 2.15. The normalized spacial score (nSPS) is 10.8. The van der Waals surface area contributed by atoms with Crippen molar-refractivity contribution in [2.75, 3.05) is 23.8 Å². The van der Waals surface area contributed by atoms with Gasteiger partial charge in [0.1, 0.15) is 5.75 Å². The van der Waals surface area contributed by atoms with E-state index in [9.17, 15) is 9.59 Å². The fourth-order valence-corrected chi connectivity index (χ4v) is 2.37. The summed E-state index contributed by atoms with van der Waals surface area (Å²) >= 11 is 0. The lowest BCUT2D eigenvalue weighted by atomic mass is 10.1. The van der Waals surface area contributed by atoms with Crippen LogP contribution in [0.25, 0.3) is 0 Å². The Morgan fingerprint density at radius 3 is 2.33 bits per heavy atom. The molecule has 2 aromatic carbocycles. The van der Waals surface area contributed by atoms with E-state index in [1.807, 2.05) is 45.9 Å². The Labute approximate surface area is 160 Å². The summed E-state index contributed by atoms with van der Waals surface area (Å²) in [6, 6.07) is 14.3. The number of nitrogens with one attached hydrogen (secondary N) is 3. The first-order chi connectivity index (χ1) is 12.8. The fourth-order valence-electron chi connectivity index (χ4n) is 2.37. The maximum absolute atomic E-state index is 12.1. The Bertz CT molecular complexity index is 780. The summed E-state index contributed by atoms with van der Waals surface area (Å²) in [5.41, 5.74) is 1.74. The highest BCUT2D eigenvalue weighted by Crippen LogP contribution is 2.17. The predicted octanol–water partition coefficient (Wildman–Crippen LogP) is 3.66. The zero-order valence-corrected chi connectivity index (χ0v) is 16.3. The largest absolute Gasteiger partial charge is 0.494 e. The molecule has 2 rings (SSSR count). The minimum Gasteiger partial charge on any atom is -0.494 e. The van der Waals surface area contributed by atoms with Gasteiger partial charge in [0, 0.05) is 28.5 Å². The molecule has 6 nitrogen and oxygen atoms in total. The molecule has 0 bridgehead atoms. The fraction of sp³-hybridized carbons (Fsp3) is 0.333. The topological polar surface area (TPSA) is 79.5 Å². The average molecular weight is 369 g/mol. The van der Waals surface area contributed by atoms with Crippen LogP contribution in [0.15, 0.2) is 48.5 Å². The molecule has 2 aromatic rings. The maximum Gasteiger partial charge on any atom is 0.251 e. The SMILES string of the molecule is CCOc1cccc(NC(=O)CNc2ccc(C(=O)NC(C)(C)C)cc2)c1. The van der Waals surface area contributed by atoms with Gasteiger partial charge >= 0.3 is 0 Å². The Morgan fingerprint density at radius 1 is 1.00 bits per heavy atom. The van der Waals surface area contributed by atoms with Crippen molar-refractivity contribution in [3.05, 3.63) is 54.1 Å². The molecule has 0 saturated heterocycles. The highest BCUT2D eigenvalue weighted by molar-refractivity contribution is 5.95. The van der Waals surface area contributed by atoms with E-state index >= 15 is 0 Å². The third kappa shape index (κ3) is 7.01. The van der Waals surface area contributed by atoms with Gasteiger partial charge in [0.25, 0.3) is 5.91 Å². The first-order valence-electron chi connectivity index (χ1n) is 8.96. The molecule has 0 fully saturated rings. The molecule has 0 spiro atoms. The quantitative estimate of drug-likeness (QED) is 0.696. The molecule has 0 aliphatic carbocycles. The van der Waals surface area contributed by atoms with Gasteiger partial charge in [-0.15, -0.1) is 0 Å². The van der Waals surface area contributed by atoms with Crippen molar-refractivity contribution in [3.8, 4) is 5.75 Å². The van der Waals surface area contributed by atoms with E-state index in [2.05, 4.69) is 16.0 Å². The van der Waals surface area contributed by atoms with E-state index in [0.717, 1.165) is 5.69 Å². The smallest absolute Gasteiger partial charge is 0.251 e. The van der Waals surface area contributed by atoms with Gasteiger partial charge in [0.15, 0.2) is 0 Å². The first-order valence-corrected chi connectivity index (χ1v) is 8.96. The van der Waals surface area contributed by atoms with E-state index in [0.29, 0.717) is 23.6 Å². The molecular weight excluding hydrogens is 342 g/mol. The van der Waals surface area contributed by atoms with E-state index in [1.165, 1.54) is 0 Å². The van der Waals surface area contributed by atoms with Crippen molar-refractivity contribution < 1.29 is 14.3 Å². The van der Waals surface area contributed by atoms with Crippen LogP contribution in [-0.4, -0.2) is 30.5 Å². The summed E-state index contributed by atoms with van der Waals surface area (Å²) in [4.78, 5) is 24.2. The molecule has 0 heterocycles. The number of carbonyl (C=O) groups is 2. The van der Waals surface area contributed by atoms with Crippen molar-refractivity contribution >= 4 is 23.2 Å². The van der Waals surface area contributed by atoms with Gasteiger partial charge in [-0.3, -0.25) is 9.59 Å². The Balaban J connectivity index is 1.86. The van der Waals surface area contributed by atoms with Crippen LogP contribution in [0.1, 0.15) is 38.1 Å². The predicted molar refractivity (Wildman–Crippen MR) is 108 cm³/mol. The van der Waals surface area contributed by atoms with Crippen LogP contribution in [0.5, 0.6) is 5.75 Å². The van der Waals surface area contributed by atoms with Crippen LogP contribution in [0.4, 0.5) is 11.4 Å². The van der Waals surface area contributed by atoms with Gasteiger partial charge in [-0.05, 0) is 64.1 Å². The van der Waals surface area contributed by atoms with Crippen LogP contribution in [0.3, 0.4) is 0 Å². The second-order valence-corrected chi connectivity index (χ2v) is 7.14. The zero-order chi connectivity index (χ0) is 19.9. The van der Waals surface area contributed by atoms with E-state index in [4.69, 9.17) is 4.74 Å². The van der Waals surface area contributed by atoms with Crippen LogP contribution in [0, 0.1) is 0 Å². The molecule has 0 atom stereocenters. The van der Waals surface area contributed by atoms with Crippen LogP contribution in [-0.2, 0) is 4.79 Å². The minimum absolute atomic E-state index is 0.117. The molecule has 0 aromatic heterocycles.